The monoisotopic (exact) mass is 371 g/mol. The number of nitrogens with one attached hydrogen (secondary N) is 2. The maximum absolute atomic E-state index is 11.9. The van der Waals surface area contributed by atoms with Gasteiger partial charge in [-0.05, 0) is 25.8 Å². The Kier molecular flexibility index (Phi) is 5.72. The summed E-state index contributed by atoms with van der Waals surface area (Å²) in [5.41, 5.74) is 2.09. The highest BCUT2D eigenvalue weighted by atomic mass is 32.2. The Hall–Kier alpha value is -2.61. The minimum absolute atomic E-state index is 0.0845. The molecule has 0 aliphatic heterocycles. The van der Waals surface area contributed by atoms with Crippen molar-refractivity contribution in [3.05, 3.63) is 42.5 Å². The number of aromatic nitrogens is 3. The molecule has 0 spiro atoms. The summed E-state index contributed by atoms with van der Waals surface area (Å²) in [5, 5.41) is 14.1. The highest BCUT2D eigenvalue weighted by Crippen LogP contribution is 2.24. The van der Waals surface area contributed by atoms with Crippen molar-refractivity contribution in [1.29, 1.82) is 0 Å². The van der Waals surface area contributed by atoms with E-state index < -0.39 is 6.03 Å². The molecule has 26 heavy (non-hydrogen) atoms. The van der Waals surface area contributed by atoms with Crippen LogP contribution in [-0.4, -0.2) is 38.5 Å². The molecule has 2 aromatic rings. The van der Waals surface area contributed by atoms with E-state index >= 15 is 0 Å². The summed E-state index contributed by atoms with van der Waals surface area (Å²) in [7, 11) is 0. The second kappa shape index (κ2) is 8.18. The molecule has 0 radical (unpaired) electrons. The number of amides is 3. The Bertz CT molecular complexity index is 829. The number of allylic oxidation sites excluding steroid dienone is 1. The van der Waals surface area contributed by atoms with E-state index in [1.54, 1.807) is 6.08 Å². The third kappa shape index (κ3) is 4.72. The maximum atomic E-state index is 11.9. The van der Waals surface area contributed by atoms with E-state index in [0.29, 0.717) is 11.7 Å². The normalized spacial score (nSPS) is 13.3. The van der Waals surface area contributed by atoms with Crippen LogP contribution in [-0.2, 0) is 11.3 Å². The van der Waals surface area contributed by atoms with Crippen LogP contribution in [0.2, 0.25) is 0 Å². The average Bonchev–Trinajstić information content (AvgIpc) is 3.32. The predicted octanol–water partition coefficient (Wildman–Crippen LogP) is 2.52. The van der Waals surface area contributed by atoms with E-state index in [0.717, 1.165) is 29.8 Å². The van der Waals surface area contributed by atoms with Crippen molar-refractivity contribution in [2.24, 2.45) is 0 Å². The lowest BCUT2D eigenvalue weighted by Gasteiger charge is -2.08. The topological polar surface area (TPSA) is 88.9 Å². The van der Waals surface area contributed by atoms with Gasteiger partial charge < -0.3 is 5.32 Å². The van der Waals surface area contributed by atoms with Crippen molar-refractivity contribution < 1.29 is 9.59 Å². The molecule has 1 heterocycles. The molecule has 0 saturated heterocycles. The molecule has 1 saturated carbocycles. The van der Waals surface area contributed by atoms with Gasteiger partial charge in [0.05, 0.1) is 5.75 Å². The van der Waals surface area contributed by atoms with Crippen LogP contribution in [0.5, 0.6) is 0 Å². The fourth-order valence-corrected chi connectivity index (χ4v) is 3.18. The van der Waals surface area contributed by atoms with Gasteiger partial charge in [-0.3, -0.25) is 14.7 Å². The fourth-order valence-electron chi connectivity index (χ4n) is 2.43. The van der Waals surface area contributed by atoms with E-state index in [1.807, 2.05) is 35.8 Å². The van der Waals surface area contributed by atoms with Crippen molar-refractivity contribution in [3.63, 3.8) is 0 Å². The quantitative estimate of drug-likeness (QED) is 0.577. The summed E-state index contributed by atoms with van der Waals surface area (Å²) in [6.45, 7) is 6.33. The lowest BCUT2D eigenvalue weighted by atomic mass is 10.1. The zero-order valence-electron chi connectivity index (χ0n) is 14.6. The van der Waals surface area contributed by atoms with Crippen LogP contribution in [0.3, 0.4) is 0 Å². The largest absolute Gasteiger partial charge is 0.335 e. The molecule has 8 heteroatoms. The molecule has 1 aliphatic rings. The molecule has 1 aromatic heterocycles. The average molecular weight is 371 g/mol. The number of rotatable bonds is 7. The molecule has 0 unspecified atom stereocenters. The van der Waals surface area contributed by atoms with Crippen molar-refractivity contribution in [2.75, 3.05) is 5.75 Å². The minimum Gasteiger partial charge on any atom is -0.335 e. The summed E-state index contributed by atoms with van der Waals surface area (Å²) in [6, 6.07) is 7.77. The lowest BCUT2D eigenvalue weighted by molar-refractivity contribution is -0.117. The Morgan fingerprint density at radius 2 is 2.19 bits per heavy atom. The first kappa shape index (κ1) is 18.2. The van der Waals surface area contributed by atoms with Gasteiger partial charge in [0.2, 0.25) is 5.91 Å². The summed E-state index contributed by atoms with van der Waals surface area (Å²) in [5.74, 6) is 0.447. The Labute approximate surface area is 156 Å². The molecule has 3 amide bonds. The van der Waals surface area contributed by atoms with Gasteiger partial charge in [-0.2, -0.15) is 0 Å². The molecule has 7 nitrogen and oxygen atoms in total. The van der Waals surface area contributed by atoms with Crippen LogP contribution in [0.25, 0.3) is 11.4 Å². The van der Waals surface area contributed by atoms with Gasteiger partial charge in [0, 0.05) is 18.2 Å². The first-order chi connectivity index (χ1) is 12.6. The minimum atomic E-state index is -0.439. The van der Waals surface area contributed by atoms with E-state index in [-0.39, 0.29) is 17.7 Å². The van der Waals surface area contributed by atoms with E-state index in [1.165, 1.54) is 11.8 Å². The van der Waals surface area contributed by atoms with Crippen molar-refractivity contribution in [3.8, 4) is 11.4 Å². The lowest BCUT2D eigenvalue weighted by Crippen LogP contribution is -2.41. The second-order valence-electron chi connectivity index (χ2n) is 6.16. The van der Waals surface area contributed by atoms with Crippen LogP contribution in [0.1, 0.15) is 18.4 Å². The first-order valence-corrected chi connectivity index (χ1v) is 9.39. The van der Waals surface area contributed by atoms with Crippen LogP contribution < -0.4 is 10.6 Å². The van der Waals surface area contributed by atoms with E-state index in [4.69, 9.17) is 0 Å². The zero-order valence-corrected chi connectivity index (χ0v) is 15.4. The smallest absolute Gasteiger partial charge is 0.321 e. The third-order valence-corrected chi connectivity index (χ3v) is 4.77. The van der Waals surface area contributed by atoms with Crippen molar-refractivity contribution >= 4 is 23.7 Å². The molecular formula is C18H21N5O2S. The number of imide groups is 1. The highest BCUT2D eigenvalue weighted by molar-refractivity contribution is 7.99. The second-order valence-corrected chi connectivity index (χ2v) is 7.10. The number of hydrogen-bond acceptors (Lipinski definition) is 5. The van der Waals surface area contributed by atoms with Crippen LogP contribution in [0.4, 0.5) is 4.79 Å². The highest BCUT2D eigenvalue weighted by Gasteiger charge is 2.24. The summed E-state index contributed by atoms with van der Waals surface area (Å²) < 4.78 is 1.91. The van der Waals surface area contributed by atoms with E-state index in [2.05, 4.69) is 27.4 Å². The standard InChI is InChI=1S/C18H21N5O2S/c1-3-9-23-16(13-6-4-5-12(2)10-13)21-22-18(23)26-11-15(24)20-17(25)19-14-7-8-14/h3-6,10,14H,1,7-9,11H2,2H3,(H2,19,20,24,25). The number of aryl methyl sites for hydroxylation is 1. The van der Waals surface area contributed by atoms with Crippen LogP contribution >= 0.6 is 11.8 Å². The molecule has 0 atom stereocenters. The SMILES string of the molecule is C=CCn1c(SCC(=O)NC(=O)NC2CC2)nnc1-c1cccc(C)c1. The molecule has 0 bridgehead atoms. The predicted molar refractivity (Wildman–Crippen MR) is 101 cm³/mol. The summed E-state index contributed by atoms with van der Waals surface area (Å²) in [4.78, 5) is 23.6. The van der Waals surface area contributed by atoms with Gasteiger partial charge in [0.1, 0.15) is 0 Å². The van der Waals surface area contributed by atoms with Gasteiger partial charge >= 0.3 is 6.03 Å². The van der Waals surface area contributed by atoms with Gasteiger partial charge in [0.15, 0.2) is 11.0 Å². The van der Waals surface area contributed by atoms with Gasteiger partial charge in [-0.25, -0.2) is 4.79 Å². The molecule has 136 valence electrons. The van der Waals surface area contributed by atoms with Crippen LogP contribution in [0, 0.1) is 6.92 Å². The van der Waals surface area contributed by atoms with E-state index in [9.17, 15) is 9.59 Å². The maximum Gasteiger partial charge on any atom is 0.321 e. The van der Waals surface area contributed by atoms with Gasteiger partial charge in [0.25, 0.3) is 0 Å². The Morgan fingerprint density at radius 1 is 1.38 bits per heavy atom. The Morgan fingerprint density at radius 3 is 2.88 bits per heavy atom. The number of hydrogen-bond donors (Lipinski definition) is 2. The molecule has 1 fully saturated rings. The molecule has 1 aliphatic carbocycles. The molecule has 3 rings (SSSR count). The number of carbonyl (C=O) groups is 2. The van der Waals surface area contributed by atoms with Crippen LogP contribution in [0.15, 0.2) is 42.1 Å². The number of benzene rings is 1. The molecular weight excluding hydrogens is 350 g/mol. The van der Waals surface area contributed by atoms with Gasteiger partial charge in [-0.1, -0.05) is 41.6 Å². The first-order valence-electron chi connectivity index (χ1n) is 8.41. The number of nitrogens with zero attached hydrogens (tertiary/aromatic N) is 3. The van der Waals surface area contributed by atoms with Crippen molar-refractivity contribution in [2.45, 2.75) is 37.5 Å². The third-order valence-electron chi connectivity index (χ3n) is 3.80. The fraction of sp³-hybridized carbons (Fsp3) is 0.333. The summed E-state index contributed by atoms with van der Waals surface area (Å²) in [6.07, 6.45) is 3.71. The van der Waals surface area contributed by atoms with Crippen molar-refractivity contribution in [1.82, 2.24) is 25.4 Å². The zero-order chi connectivity index (χ0) is 18.5. The number of urea groups is 1. The molecule has 1 aromatic carbocycles. The Balaban J connectivity index is 1.66. The number of thioether (sulfide) groups is 1. The number of carbonyl (C=O) groups excluding carboxylic acids is 2. The molecule has 2 N–H and O–H groups in total. The summed E-state index contributed by atoms with van der Waals surface area (Å²) >= 11 is 1.24. The van der Waals surface area contributed by atoms with Gasteiger partial charge in [-0.15, -0.1) is 16.8 Å².